The standard InChI is InChI=1S/C47H78N8O7/c1-7-9-10-11-12-13-14-15-16-17-18-19-23-26-41(57)51-39(29-36-30-49-32-50-36)44(59)54-40(31-56)46(61)52-37(27-33(3)4)45(60)55-42(34(5)8-2)47(62)53-38(43(58)48-6)28-35-24-21-20-22-25-35/h20-22,24-25,30,32-34,37-40,42,56H,7-19,23,26-29,31H2,1-6H3,(H,48,58)(H,49,50)(H,51,57)(H,52,61)(H,53,62)(H,54,59)(H,55,60)/t34-,37-,38-,39-,40-,42-/m0/s1. The van der Waals surface area contributed by atoms with Crippen LogP contribution < -0.4 is 31.9 Å². The Balaban J connectivity index is 2.03. The van der Waals surface area contributed by atoms with Crippen molar-refractivity contribution in [3.8, 4) is 0 Å². The highest BCUT2D eigenvalue weighted by Gasteiger charge is 2.34. The van der Waals surface area contributed by atoms with Gasteiger partial charge in [-0.1, -0.05) is 148 Å². The van der Waals surface area contributed by atoms with Gasteiger partial charge >= 0.3 is 0 Å². The molecule has 1 aromatic heterocycles. The molecule has 1 aromatic carbocycles. The number of carbonyl (C=O) groups excluding carboxylic acids is 6. The summed E-state index contributed by atoms with van der Waals surface area (Å²) in [5.41, 5.74) is 1.43. The van der Waals surface area contributed by atoms with Gasteiger partial charge in [0.05, 0.1) is 12.9 Å². The normalized spacial score (nSPS) is 14.1. The van der Waals surface area contributed by atoms with Crippen LogP contribution in [0.5, 0.6) is 0 Å². The van der Waals surface area contributed by atoms with E-state index in [0.29, 0.717) is 18.5 Å². The first-order valence-electron chi connectivity index (χ1n) is 23.2. The number of hydrogen-bond acceptors (Lipinski definition) is 8. The number of aromatic nitrogens is 2. The average molecular weight is 867 g/mol. The van der Waals surface area contributed by atoms with Gasteiger partial charge in [0.25, 0.3) is 0 Å². The van der Waals surface area contributed by atoms with Crippen LogP contribution >= 0.6 is 0 Å². The molecule has 15 heteroatoms. The summed E-state index contributed by atoms with van der Waals surface area (Å²) in [6, 6.07) is 3.65. The molecule has 2 aromatic rings. The van der Waals surface area contributed by atoms with Gasteiger partial charge in [0.15, 0.2) is 0 Å². The summed E-state index contributed by atoms with van der Waals surface area (Å²) in [7, 11) is 1.48. The topological polar surface area (TPSA) is 224 Å². The molecule has 62 heavy (non-hydrogen) atoms. The maximum Gasteiger partial charge on any atom is 0.245 e. The third-order valence-electron chi connectivity index (χ3n) is 11.2. The van der Waals surface area contributed by atoms with E-state index < -0.39 is 60.4 Å². The number of aromatic amines is 1. The van der Waals surface area contributed by atoms with E-state index in [1.807, 2.05) is 58.0 Å². The van der Waals surface area contributed by atoms with Crippen molar-refractivity contribution in [3.63, 3.8) is 0 Å². The van der Waals surface area contributed by atoms with Crippen LogP contribution in [0.15, 0.2) is 42.9 Å². The SMILES string of the molecule is CCCCCCCCCCCCCCCC(=O)N[C@@H](Cc1cnc[nH]1)C(=O)N[C@@H](CO)C(=O)N[C@@H](CC(C)C)C(=O)N[C@H](C(=O)N[C@@H](Cc1ccccc1)C(=O)NC)[C@@H](C)CC. The van der Waals surface area contributed by atoms with Crippen molar-refractivity contribution < 1.29 is 33.9 Å². The zero-order valence-electron chi connectivity index (χ0n) is 38.4. The predicted molar refractivity (Wildman–Crippen MR) is 242 cm³/mol. The van der Waals surface area contributed by atoms with E-state index in [-0.39, 0.29) is 49.3 Å². The lowest BCUT2D eigenvalue weighted by Gasteiger charge is -2.29. The molecule has 0 aliphatic carbocycles. The molecule has 6 atom stereocenters. The summed E-state index contributed by atoms with van der Waals surface area (Å²) in [5.74, 6) is -3.78. The molecule has 0 bridgehead atoms. The van der Waals surface area contributed by atoms with E-state index in [1.54, 1.807) is 6.20 Å². The van der Waals surface area contributed by atoms with E-state index in [9.17, 15) is 33.9 Å². The minimum Gasteiger partial charge on any atom is -0.394 e. The van der Waals surface area contributed by atoms with Gasteiger partial charge in [0.2, 0.25) is 35.4 Å². The lowest BCUT2D eigenvalue weighted by Crippen LogP contribution is -2.61. The second-order valence-electron chi connectivity index (χ2n) is 17.1. The number of H-pyrrole nitrogens is 1. The summed E-state index contributed by atoms with van der Waals surface area (Å²) in [5, 5.41) is 26.5. The number of hydrogen-bond donors (Lipinski definition) is 8. The van der Waals surface area contributed by atoms with Crippen LogP contribution in [-0.2, 0) is 41.6 Å². The number of nitrogens with zero attached hydrogens (tertiary/aromatic N) is 1. The molecule has 1 heterocycles. The molecule has 15 nitrogen and oxygen atoms in total. The van der Waals surface area contributed by atoms with Crippen molar-refractivity contribution in [1.82, 2.24) is 41.9 Å². The van der Waals surface area contributed by atoms with Crippen molar-refractivity contribution in [2.75, 3.05) is 13.7 Å². The zero-order valence-corrected chi connectivity index (χ0v) is 38.4. The number of aliphatic hydroxyl groups excluding tert-OH is 1. The maximum absolute atomic E-state index is 13.9. The number of carbonyl (C=O) groups is 6. The van der Waals surface area contributed by atoms with Gasteiger partial charge < -0.3 is 42.0 Å². The number of unbranched alkanes of at least 4 members (excludes halogenated alkanes) is 12. The number of aliphatic hydroxyl groups is 1. The highest BCUT2D eigenvalue weighted by atomic mass is 16.3. The molecule has 0 saturated carbocycles. The number of benzene rings is 1. The third kappa shape index (κ3) is 21.3. The average Bonchev–Trinajstić information content (AvgIpc) is 3.78. The van der Waals surface area contributed by atoms with Crippen LogP contribution in [0.1, 0.15) is 149 Å². The minimum absolute atomic E-state index is 0.0690. The number of rotatable bonds is 33. The second-order valence-corrected chi connectivity index (χ2v) is 17.1. The van der Waals surface area contributed by atoms with Gasteiger partial charge in [0.1, 0.15) is 30.2 Å². The summed E-state index contributed by atoms with van der Waals surface area (Å²) in [6.45, 7) is 8.88. The zero-order chi connectivity index (χ0) is 45.7. The van der Waals surface area contributed by atoms with Gasteiger partial charge in [-0.15, -0.1) is 0 Å². The monoisotopic (exact) mass is 867 g/mol. The van der Waals surface area contributed by atoms with Gasteiger partial charge in [-0.05, 0) is 30.2 Å². The Bertz CT molecular complexity index is 1590. The highest BCUT2D eigenvalue weighted by molar-refractivity contribution is 5.96. The van der Waals surface area contributed by atoms with Crippen LogP contribution in [0.25, 0.3) is 0 Å². The maximum atomic E-state index is 13.9. The van der Waals surface area contributed by atoms with Crippen molar-refractivity contribution in [2.45, 2.75) is 180 Å². The first-order chi connectivity index (χ1) is 29.8. The van der Waals surface area contributed by atoms with E-state index in [2.05, 4.69) is 48.8 Å². The van der Waals surface area contributed by atoms with Gasteiger partial charge in [-0.2, -0.15) is 0 Å². The molecule has 2 rings (SSSR count). The van der Waals surface area contributed by atoms with Gasteiger partial charge in [-0.3, -0.25) is 28.8 Å². The fourth-order valence-corrected chi connectivity index (χ4v) is 7.29. The fourth-order valence-electron chi connectivity index (χ4n) is 7.29. The Hall–Kier alpha value is -4.79. The molecule has 0 fully saturated rings. The van der Waals surface area contributed by atoms with Crippen LogP contribution in [0.2, 0.25) is 0 Å². The van der Waals surface area contributed by atoms with Crippen LogP contribution in [0.4, 0.5) is 0 Å². The fraction of sp³-hybridized carbons (Fsp3) is 0.681. The lowest BCUT2D eigenvalue weighted by molar-refractivity contribution is -0.136. The van der Waals surface area contributed by atoms with Crippen LogP contribution in [0, 0.1) is 11.8 Å². The molecule has 0 radical (unpaired) electrons. The molecular formula is C47H78N8O7. The van der Waals surface area contributed by atoms with E-state index in [1.165, 1.54) is 71.2 Å². The first kappa shape index (κ1) is 53.3. The highest BCUT2D eigenvalue weighted by Crippen LogP contribution is 2.15. The predicted octanol–water partition coefficient (Wildman–Crippen LogP) is 4.93. The number of imidazole rings is 1. The van der Waals surface area contributed by atoms with Crippen molar-refractivity contribution in [2.24, 2.45) is 11.8 Å². The van der Waals surface area contributed by atoms with E-state index in [0.717, 1.165) is 24.8 Å². The largest absolute Gasteiger partial charge is 0.394 e. The van der Waals surface area contributed by atoms with Crippen molar-refractivity contribution >= 4 is 35.4 Å². The lowest BCUT2D eigenvalue weighted by atomic mass is 9.96. The van der Waals surface area contributed by atoms with Gasteiger partial charge in [0, 0.05) is 38.2 Å². The van der Waals surface area contributed by atoms with Crippen molar-refractivity contribution in [3.05, 3.63) is 54.1 Å². The Morgan fingerprint density at radius 2 is 1.16 bits per heavy atom. The summed E-state index contributed by atoms with van der Waals surface area (Å²) in [4.78, 5) is 87.8. The molecule has 0 aliphatic rings. The van der Waals surface area contributed by atoms with E-state index in [4.69, 9.17) is 0 Å². The Morgan fingerprint density at radius 3 is 1.69 bits per heavy atom. The summed E-state index contributed by atoms with van der Waals surface area (Å²) < 4.78 is 0. The molecule has 6 amide bonds. The molecule has 0 unspecified atom stereocenters. The van der Waals surface area contributed by atoms with Gasteiger partial charge in [-0.25, -0.2) is 4.98 Å². The molecule has 0 aliphatic heterocycles. The molecule has 348 valence electrons. The smallest absolute Gasteiger partial charge is 0.245 e. The molecule has 0 saturated heterocycles. The van der Waals surface area contributed by atoms with E-state index >= 15 is 0 Å². The first-order valence-corrected chi connectivity index (χ1v) is 23.2. The quantitative estimate of drug-likeness (QED) is 0.0459. The molecular weight excluding hydrogens is 789 g/mol. The van der Waals surface area contributed by atoms with Crippen molar-refractivity contribution in [1.29, 1.82) is 0 Å². The Kier molecular flexibility index (Phi) is 26.8. The minimum atomic E-state index is -1.45. The number of amides is 6. The molecule has 0 spiro atoms. The Labute approximate surface area is 370 Å². The number of nitrogens with one attached hydrogen (secondary N) is 7. The summed E-state index contributed by atoms with van der Waals surface area (Å²) in [6.07, 6.45) is 19.6. The summed E-state index contributed by atoms with van der Waals surface area (Å²) >= 11 is 0. The van der Waals surface area contributed by atoms with Crippen LogP contribution in [0.3, 0.4) is 0 Å². The third-order valence-corrected chi connectivity index (χ3v) is 11.2. The Morgan fingerprint density at radius 1 is 0.629 bits per heavy atom. The number of likely N-dealkylation sites (N-methyl/N-ethyl adjacent to an activating group) is 1. The molecule has 8 N–H and O–H groups in total. The van der Waals surface area contributed by atoms with Crippen LogP contribution in [-0.4, -0.2) is 94.4 Å². The second kappa shape index (κ2) is 31.1.